The van der Waals surface area contributed by atoms with Crippen molar-refractivity contribution in [1.82, 2.24) is 15.0 Å². The van der Waals surface area contributed by atoms with E-state index >= 15 is 0 Å². The van der Waals surface area contributed by atoms with Crippen LogP contribution in [-0.4, -0.2) is 15.0 Å². The second-order valence-electron chi connectivity index (χ2n) is 4.23. The highest BCUT2D eigenvalue weighted by Gasteiger charge is 2.07. The molecule has 17 heavy (non-hydrogen) atoms. The first kappa shape index (κ1) is 12.2. The monoisotopic (exact) mass is 291 g/mol. The molecule has 0 saturated heterocycles. The molecular formula is C13H14BrN3. The summed E-state index contributed by atoms with van der Waals surface area (Å²) in [4.78, 5) is 13.0. The van der Waals surface area contributed by atoms with Crippen molar-refractivity contribution >= 4 is 15.9 Å². The second kappa shape index (κ2) is 5.36. The first-order valence-electron chi connectivity index (χ1n) is 5.57. The smallest absolute Gasteiger partial charge is 0.132 e. The molecule has 0 fully saturated rings. The van der Waals surface area contributed by atoms with Crippen LogP contribution in [0.4, 0.5) is 0 Å². The van der Waals surface area contributed by atoms with Crippen LogP contribution in [0, 0.1) is 0 Å². The molecule has 0 aliphatic heterocycles. The number of pyridine rings is 1. The largest absolute Gasteiger partial charge is 0.264 e. The van der Waals surface area contributed by atoms with Crippen LogP contribution in [0.15, 0.2) is 35.2 Å². The molecule has 0 bridgehead atoms. The average Bonchev–Trinajstić information content (AvgIpc) is 2.29. The SMILES string of the molecule is CC(C)c1nc(Br)cc(Cc2cccnc2)n1. The minimum Gasteiger partial charge on any atom is -0.264 e. The van der Waals surface area contributed by atoms with Gasteiger partial charge in [0.25, 0.3) is 0 Å². The number of hydrogen-bond donors (Lipinski definition) is 0. The van der Waals surface area contributed by atoms with Gasteiger partial charge in [0, 0.05) is 30.4 Å². The lowest BCUT2D eigenvalue weighted by Gasteiger charge is -2.07. The van der Waals surface area contributed by atoms with E-state index in [1.54, 1.807) is 6.20 Å². The molecule has 2 aromatic rings. The normalized spacial score (nSPS) is 10.8. The van der Waals surface area contributed by atoms with Gasteiger partial charge in [-0.25, -0.2) is 9.97 Å². The maximum atomic E-state index is 4.56. The number of rotatable bonds is 3. The van der Waals surface area contributed by atoms with Gasteiger partial charge in [-0.15, -0.1) is 0 Å². The summed E-state index contributed by atoms with van der Waals surface area (Å²) in [6.07, 6.45) is 4.43. The lowest BCUT2D eigenvalue weighted by atomic mass is 10.1. The summed E-state index contributed by atoms with van der Waals surface area (Å²) in [6.45, 7) is 4.19. The minimum absolute atomic E-state index is 0.333. The standard InChI is InChI=1S/C13H14BrN3/c1-9(2)13-16-11(7-12(14)17-13)6-10-4-3-5-15-8-10/h3-5,7-9H,6H2,1-2H3. The Hall–Kier alpha value is -1.29. The predicted octanol–water partition coefficient (Wildman–Crippen LogP) is 3.35. The highest BCUT2D eigenvalue weighted by molar-refractivity contribution is 9.10. The summed E-state index contributed by atoms with van der Waals surface area (Å²) < 4.78 is 0.843. The Morgan fingerprint density at radius 1 is 1.29 bits per heavy atom. The van der Waals surface area contributed by atoms with Gasteiger partial charge in [-0.1, -0.05) is 19.9 Å². The lowest BCUT2D eigenvalue weighted by molar-refractivity contribution is 0.755. The van der Waals surface area contributed by atoms with Gasteiger partial charge in [0.05, 0.1) is 0 Å². The van der Waals surface area contributed by atoms with Crippen LogP contribution in [0.2, 0.25) is 0 Å². The van der Waals surface area contributed by atoms with Crippen molar-refractivity contribution in [2.45, 2.75) is 26.2 Å². The van der Waals surface area contributed by atoms with E-state index in [0.29, 0.717) is 5.92 Å². The summed E-state index contributed by atoms with van der Waals surface area (Å²) >= 11 is 3.43. The Morgan fingerprint density at radius 2 is 2.12 bits per heavy atom. The summed E-state index contributed by atoms with van der Waals surface area (Å²) in [5.41, 5.74) is 2.18. The quantitative estimate of drug-likeness (QED) is 0.814. The zero-order valence-electron chi connectivity index (χ0n) is 9.89. The maximum absolute atomic E-state index is 4.56. The van der Waals surface area contributed by atoms with E-state index in [0.717, 1.165) is 28.1 Å². The summed E-state index contributed by atoms with van der Waals surface area (Å²) in [5.74, 6) is 1.21. The first-order chi connectivity index (χ1) is 8.15. The fourth-order valence-electron chi connectivity index (χ4n) is 1.54. The molecule has 0 aromatic carbocycles. The number of nitrogens with zero attached hydrogens (tertiary/aromatic N) is 3. The fraction of sp³-hybridized carbons (Fsp3) is 0.308. The molecule has 0 amide bonds. The van der Waals surface area contributed by atoms with E-state index in [2.05, 4.69) is 50.8 Å². The van der Waals surface area contributed by atoms with Crippen molar-refractivity contribution < 1.29 is 0 Å². The first-order valence-corrected chi connectivity index (χ1v) is 6.36. The molecule has 0 saturated carbocycles. The fourth-order valence-corrected chi connectivity index (χ4v) is 1.99. The predicted molar refractivity (Wildman–Crippen MR) is 70.9 cm³/mol. The third-order valence-electron chi connectivity index (χ3n) is 2.39. The average molecular weight is 292 g/mol. The highest BCUT2D eigenvalue weighted by Crippen LogP contribution is 2.16. The van der Waals surface area contributed by atoms with E-state index in [1.165, 1.54) is 0 Å². The van der Waals surface area contributed by atoms with Crippen LogP contribution < -0.4 is 0 Å². The van der Waals surface area contributed by atoms with E-state index in [4.69, 9.17) is 0 Å². The Kier molecular flexibility index (Phi) is 3.84. The van der Waals surface area contributed by atoms with Gasteiger partial charge in [0.2, 0.25) is 0 Å². The number of halogens is 1. The molecule has 4 heteroatoms. The number of aromatic nitrogens is 3. The molecule has 3 nitrogen and oxygen atoms in total. The van der Waals surface area contributed by atoms with Crippen LogP contribution >= 0.6 is 15.9 Å². The topological polar surface area (TPSA) is 38.7 Å². The van der Waals surface area contributed by atoms with Gasteiger partial charge in [-0.05, 0) is 33.6 Å². The molecular weight excluding hydrogens is 278 g/mol. The Bertz CT molecular complexity index is 497. The molecule has 2 rings (SSSR count). The second-order valence-corrected chi connectivity index (χ2v) is 5.05. The van der Waals surface area contributed by atoms with Gasteiger partial charge in [-0.3, -0.25) is 4.98 Å². The zero-order valence-corrected chi connectivity index (χ0v) is 11.5. The molecule has 0 aliphatic rings. The third kappa shape index (κ3) is 3.33. The van der Waals surface area contributed by atoms with Crippen molar-refractivity contribution in [2.75, 3.05) is 0 Å². The van der Waals surface area contributed by atoms with Gasteiger partial charge in [0.15, 0.2) is 0 Å². The minimum atomic E-state index is 0.333. The van der Waals surface area contributed by atoms with Crippen molar-refractivity contribution in [2.24, 2.45) is 0 Å². The highest BCUT2D eigenvalue weighted by atomic mass is 79.9. The van der Waals surface area contributed by atoms with Crippen LogP contribution in [-0.2, 0) is 6.42 Å². The molecule has 0 unspecified atom stereocenters. The van der Waals surface area contributed by atoms with E-state index in [9.17, 15) is 0 Å². The Balaban J connectivity index is 2.27. The van der Waals surface area contributed by atoms with Crippen LogP contribution in [0.25, 0.3) is 0 Å². The van der Waals surface area contributed by atoms with Crippen molar-refractivity contribution in [1.29, 1.82) is 0 Å². The van der Waals surface area contributed by atoms with Crippen LogP contribution in [0.1, 0.15) is 36.8 Å². The molecule has 0 spiro atoms. The third-order valence-corrected chi connectivity index (χ3v) is 2.80. The molecule has 2 aromatic heterocycles. The number of hydrogen-bond acceptors (Lipinski definition) is 3. The molecule has 0 N–H and O–H groups in total. The van der Waals surface area contributed by atoms with Gasteiger partial charge >= 0.3 is 0 Å². The van der Waals surface area contributed by atoms with Gasteiger partial charge < -0.3 is 0 Å². The molecule has 88 valence electrons. The molecule has 2 heterocycles. The van der Waals surface area contributed by atoms with Gasteiger partial charge in [0.1, 0.15) is 10.4 Å². The van der Waals surface area contributed by atoms with Gasteiger partial charge in [-0.2, -0.15) is 0 Å². The molecule has 0 radical (unpaired) electrons. The maximum Gasteiger partial charge on any atom is 0.132 e. The van der Waals surface area contributed by atoms with Crippen LogP contribution in [0.3, 0.4) is 0 Å². The van der Waals surface area contributed by atoms with Crippen molar-refractivity contribution in [3.8, 4) is 0 Å². The van der Waals surface area contributed by atoms with E-state index < -0.39 is 0 Å². The summed E-state index contributed by atoms with van der Waals surface area (Å²) in [5, 5.41) is 0. The van der Waals surface area contributed by atoms with Crippen LogP contribution in [0.5, 0.6) is 0 Å². The molecule has 0 aliphatic carbocycles. The van der Waals surface area contributed by atoms with E-state index in [-0.39, 0.29) is 0 Å². The zero-order chi connectivity index (χ0) is 12.3. The lowest BCUT2D eigenvalue weighted by Crippen LogP contribution is -2.02. The Labute approximate surface area is 109 Å². The van der Waals surface area contributed by atoms with Crippen molar-refractivity contribution in [3.05, 3.63) is 52.3 Å². The van der Waals surface area contributed by atoms with E-state index in [1.807, 2.05) is 18.3 Å². The summed E-state index contributed by atoms with van der Waals surface area (Å²) in [7, 11) is 0. The van der Waals surface area contributed by atoms with Crippen molar-refractivity contribution in [3.63, 3.8) is 0 Å². The Morgan fingerprint density at radius 3 is 2.76 bits per heavy atom. The summed E-state index contributed by atoms with van der Waals surface area (Å²) in [6, 6.07) is 5.95. The molecule has 0 atom stereocenters.